The molecule has 0 bridgehead atoms. The van der Waals surface area contributed by atoms with Gasteiger partial charge >= 0.3 is 0 Å². The van der Waals surface area contributed by atoms with Gasteiger partial charge < -0.3 is 10.1 Å². The molecule has 136 valence electrons. The maximum atomic E-state index is 13.0. The Morgan fingerprint density at radius 2 is 1.92 bits per heavy atom. The fourth-order valence-corrected chi connectivity index (χ4v) is 4.61. The number of rotatable bonds is 5. The fraction of sp³-hybridized carbons (Fsp3) is 0.409. The third-order valence-corrected chi connectivity index (χ3v) is 5.85. The van der Waals surface area contributed by atoms with Crippen LogP contribution in [0.3, 0.4) is 0 Å². The molecule has 1 N–H and O–H groups in total. The Morgan fingerprint density at radius 1 is 1.15 bits per heavy atom. The lowest BCUT2D eigenvalue weighted by Crippen LogP contribution is -2.37. The average Bonchev–Trinajstić information content (AvgIpc) is 3.29. The third-order valence-electron chi connectivity index (χ3n) is 5.85. The molecule has 2 aliphatic rings. The topological polar surface area (TPSA) is 41.6 Å². The summed E-state index contributed by atoms with van der Waals surface area (Å²) < 4.78 is 5.39. The number of benzene rings is 2. The van der Waals surface area contributed by atoms with Crippen molar-refractivity contribution < 1.29 is 9.53 Å². The van der Waals surface area contributed by atoms with E-state index >= 15 is 0 Å². The number of hydrogen-bond acceptors (Lipinski definition) is 3. The van der Waals surface area contributed by atoms with E-state index in [9.17, 15) is 4.79 Å². The van der Waals surface area contributed by atoms with Gasteiger partial charge in [0.05, 0.1) is 13.0 Å². The summed E-state index contributed by atoms with van der Waals surface area (Å²) in [7, 11) is 1.67. The highest BCUT2D eigenvalue weighted by molar-refractivity contribution is 5.80. The first-order valence-corrected chi connectivity index (χ1v) is 9.48. The van der Waals surface area contributed by atoms with Gasteiger partial charge in [-0.1, -0.05) is 48.5 Å². The molecule has 0 spiro atoms. The van der Waals surface area contributed by atoms with E-state index in [1.165, 1.54) is 12.0 Å². The maximum absolute atomic E-state index is 13.0. The molecule has 2 aromatic rings. The molecule has 4 heteroatoms. The summed E-state index contributed by atoms with van der Waals surface area (Å²) in [5.74, 6) is 1.06. The maximum Gasteiger partial charge on any atom is 0.225 e. The predicted molar refractivity (Wildman–Crippen MR) is 102 cm³/mol. The van der Waals surface area contributed by atoms with Crippen molar-refractivity contribution in [1.82, 2.24) is 10.2 Å². The number of methoxy groups -OCH3 is 1. The summed E-state index contributed by atoms with van der Waals surface area (Å²) in [6.07, 6.45) is 3.22. The Morgan fingerprint density at radius 3 is 2.73 bits per heavy atom. The molecule has 26 heavy (non-hydrogen) atoms. The normalized spacial score (nSPS) is 25.0. The zero-order valence-electron chi connectivity index (χ0n) is 15.2. The molecule has 2 fully saturated rings. The van der Waals surface area contributed by atoms with Gasteiger partial charge in [-0.3, -0.25) is 9.69 Å². The largest absolute Gasteiger partial charge is 0.496 e. The standard InChI is InChI=1S/C22H26N2O2/c1-26-21-12-6-5-10-17(21)15-23-22(25)18-14-20(16-8-3-2-4-9-16)24-13-7-11-19(18)24/h2-6,8-10,12,18-20H,7,11,13-15H2,1H3,(H,23,25)/t18-,19+,20-/m0/s1. The van der Waals surface area contributed by atoms with Crippen LogP contribution in [0.25, 0.3) is 0 Å². The average molecular weight is 350 g/mol. The van der Waals surface area contributed by atoms with Crippen molar-refractivity contribution in [2.24, 2.45) is 5.92 Å². The van der Waals surface area contributed by atoms with E-state index in [4.69, 9.17) is 4.74 Å². The summed E-state index contributed by atoms with van der Waals surface area (Å²) in [6, 6.07) is 19.2. The minimum atomic E-state index is 0.0670. The van der Waals surface area contributed by atoms with Crippen molar-refractivity contribution >= 4 is 5.91 Å². The van der Waals surface area contributed by atoms with Crippen LogP contribution >= 0.6 is 0 Å². The smallest absolute Gasteiger partial charge is 0.225 e. The van der Waals surface area contributed by atoms with Crippen LogP contribution in [-0.4, -0.2) is 30.5 Å². The second kappa shape index (κ2) is 7.50. The van der Waals surface area contributed by atoms with Crippen molar-refractivity contribution in [3.8, 4) is 5.75 Å². The molecule has 4 nitrogen and oxygen atoms in total. The SMILES string of the molecule is COc1ccccc1CNC(=O)[C@H]1C[C@@H](c2ccccc2)N2CCC[C@H]12. The van der Waals surface area contributed by atoms with Crippen molar-refractivity contribution in [2.75, 3.05) is 13.7 Å². The second-order valence-electron chi connectivity index (χ2n) is 7.25. The number of nitrogens with one attached hydrogen (secondary N) is 1. The summed E-state index contributed by atoms with van der Waals surface area (Å²) in [6.45, 7) is 1.61. The van der Waals surface area contributed by atoms with Crippen LogP contribution in [0.1, 0.15) is 36.4 Å². The first-order valence-electron chi connectivity index (χ1n) is 9.48. The Hall–Kier alpha value is -2.33. The molecule has 3 atom stereocenters. The molecule has 2 aliphatic heterocycles. The highest BCUT2D eigenvalue weighted by atomic mass is 16.5. The number of carbonyl (C=O) groups is 1. The first kappa shape index (κ1) is 17.1. The molecule has 0 aromatic heterocycles. The number of hydrogen-bond donors (Lipinski definition) is 1. The summed E-state index contributed by atoms with van der Waals surface area (Å²) in [4.78, 5) is 15.5. The Bertz CT molecular complexity index is 762. The van der Waals surface area contributed by atoms with Crippen molar-refractivity contribution in [3.05, 3.63) is 65.7 Å². The number of amides is 1. The third kappa shape index (κ3) is 3.21. The van der Waals surface area contributed by atoms with Crippen LogP contribution in [-0.2, 0) is 11.3 Å². The van der Waals surface area contributed by atoms with Crippen LogP contribution in [0, 0.1) is 5.92 Å². The molecule has 0 saturated carbocycles. The summed E-state index contributed by atoms with van der Waals surface area (Å²) >= 11 is 0. The van der Waals surface area contributed by atoms with E-state index in [0.29, 0.717) is 18.6 Å². The molecule has 2 heterocycles. The molecule has 0 aliphatic carbocycles. The van der Waals surface area contributed by atoms with E-state index < -0.39 is 0 Å². The van der Waals surface area contributed by atoms with Crippen LogP contribution in [0.5, 0.6) is 5.75 Å². The van der Waals surface area contributed by atoms with Crippen molar-refractivity contribution in [3.63, 3.8) is 0 Å². The van der Waals surface area contributed by atoms with Crippen molar-refractivity contribution in [2.45, 2.75) is 37.9 Å². The van der Waals surface area contributed by atoms with E-state index in [1.54, 1.807) is 7.11 Å². The molecular formula is C22H26N2O2. The van der Waals surface area contributed by atoms with E-state index in [1.807, 2.05) is 24.3 Å². The minimum absolute atomic E-state index is 0.0670. The van der Waals surface area contributed by atoms with Crippen LogP contribution in [0.2, 0.25) is 0 Å². The lowest BCUT2D eigenvalue weighted by atomic mass is 9.93. The zero-order valence-corrected chi connectivity index (χ0v) is 15.2. The number of nitrogens with zero attached hydrogens (tertiary/aromatic N) is 1. The Kier molecular flexibility index (Phi) is 4.93. The van der Waals surface area contributed by atoms with Crippen LogP contribution < -0.4 is 10.1 Å². The van der Waals surface area contributed by atoms with E-state index in [-0.39, 0.29) is 11.8 Å². The monoisotopic (exact) mass is 350 g/mol. The quantitative estimate of drug-likeness (QED) is 0.897. The molecule has 0 radical (unpaired) electrons. The van der Waals surface area contributed by atoms with Gasteiger partial charge in [0.15, 0.2) is 0 Å². The van der Waals surface area contributed by atoms with E-state index in [2.05, 4.69) is 40.5 Å². The molecule has 4 rings (SSSR count). The van der Waals surface area contributed by atoms with Crippen LogP contribution in [0.4, 0.5) is 0 Å². The fourth-order valence-electron chi connectivity index (χ4n) is 4.61. The van der Waals surface area contributed by atoms with Gasteiger partial charge in [0.1, 0.15) is 5.75 Å². The van der Waals surface area contributed by atoms with E-state index in [0.717, 1.165) is 30.7 Å². The van der Waals surface area contributed by atoms with Gasteiger partial charge in [0, 0.05) is 24.2 Å². The summed E-state index contributed by atoms with van der Waals surface area (Å²) in [5, 5.41) is 3.15. The van der Waals surface area contributed by atoms with Crippen molar-refractivity contribution in [1.29, 1.82) is 0 Å². The Balaban J connectivity index is 1.46. The van der Waals surface area contributed by atoms with Gasteiger partial charge in [-0.25, -0.2) is 0 Å². The number of carbonyl (C=O) groups excluding carboxylic acids is 1. The van der Waals surface area contributed by atoms with Gasteiger partial charge in [0.25, 0.3) is 0 Å². The highest BCUT2D eigenvalue weighted by Gasteiger charge is 2.46. The lowest BCUT2D eigenvalue weighted by molar-refractivity contribution is -0.125. The summed E-state index contributed by atoms with van der Waals surface area (Å²) in [5.41, 5.74) is 2.35. The first-order chi connectivity index (χ1) is 12.8. The number of para-hydroxylation sites is 1. The minimum Gasteiger partial charge on any atom is -0.496 e. The molecular weight excluding hydrogens is 324 g/mol. The van der Waals surface area contributed by atoms with Gasteiger partial charge in [-0.15, -0.1) is 0 Å². The zero-order chi connectivity index (χ0) is 17.9. The molecule has 1 amide bonds. The van der Waals surface area contributed by atoms with Crippen LogP contribution in [0.15, 0.2) is 54.6 Å². The number of ether oxygens (including phenoxy) is 1. The number of fused-ring (bicyclic) bond motifs is 1. The van der Waals surface area contributed by atoms with Gasteiger partial charge in [-0.05, 0) is 37.4 Å². The lowest BCUT2D eigenvalue weighted by Gasteiger charge is -2.24. The van der Waals surface area contributed by atoms with Gasteiger partial charge in [-0.2, -0.15) is 0 Å². The predicted octanol–water partition coefficient (Wildman–Crippen LogP) is 3.54. The molecule has 0 unspecified atom stereocenters. The molecule has 2 aromatic carbocycles. The molecule has 2 saturated heterocycles. The second-order valence-corrected chi connectivity index (χ2v) is 7.25. The van der Waals surface area contributed by atoms with Gasteiger partial charge in [0.2, 0.25) is 5.91 Å². The highest BCUT2D eigenvalue weighted by Crippen LogP contribution is 2.44. The Labute approximate surface area is 155 Å².